The number of Topliss-reactive ketones (excluding diaryl/α,β-unsaturated/α-hetero) is 1. The molecule has 5 aliphatic carbocycles. The Kier molecular flexibility index (Phi) is 15.9. The number of aliphatic hydroxyl groups excluding tert-OH is 2. The molecule has 1 aliphatic heterocycles. The van der Waals surface area contributed by atoms with Crippen LogP contribution in [0.2, 0.25) is 0 Å². The number of allylic oxidation sites excluding steroid dienone is 4. The van der Waals surface area contributed by atoms with E-state index in [-0.39, 0.29) is 57.0 Å². The fourth-order valence-corrected chi connectivity index (χ4v) is 13.9. The highest BCUT2D eigenvalue weighted by Crippen LogP contribution is 2.71. The number of halogens is 1. The van der Waals surface area contributed by atoms with E-state index in [1.54, 1.807) is 34.6 Å². The molecule has 5 N–H and O–H groups in total. The molecule has 0 radical (unpaired) electrons. The van der Waals surface area contributed by atoms with Crippen LogP contribution in [-0.2, 0) is 47.8 Å². The molecule has 0 spiro atoms. The van der Waals surface area contributed by atoms with Gasteiger partial charge in [0.05, 0.1) is 6.10 Å². The van der Waals surface area contributed by atoms with Crippen molar-refractivity contribution in [2.75, 3.05) is 13.2 Å². The normalized spacial score (nSPS) is 30.7. The molecule has 2 aromatic rings. The van der Waals surface area contributed by atoms with Crippen LogP contribution in [0, 0.1) is 34.5 Å². The molecule has 0 bridgehead atoms. The van der Waals surface area contributed by atoms with Crippen molar-refractivity contribution in [1.29, 1.82) is 0 Å². The van der Waals surface area contributed by atoms with E-state index in [4.69, 9.17) is 14.2 Å². The van der Waals surface area contributed by atoms with Gasteiger partial charge < -0.3 is 45.3 Å². The number of hydrogen-bond donors (Lipinski definition) is 5. The summed E-state index contributed by atoms with van der Waals surface area (Å²) >= 11 is 0. The minimum absolute atomic E-state index is 0.0325. The molecule has 13 atom stereocenters. The third kappa shape index (κ3) is 9.55. The van der Waals surface area contributed by atoms with Crippen LogP contribution in [0.4, 0.5) is 9.18 Å². The number of aliphatic hydroxyl groups is 2. The van der Waals surface area contributed by atoms with Crippen LogP contribution in [-0.4, -0.2) is 123 Å². The van der Waals surface area contributed by atoms with Gasteiger partial charge in [-0.1, -0.05) is 101 Å². The third-order valence-electron chi connectivity index (χ3n) is 17.9. The number of alkyl halides is 1. The summed E-state index contributed by atoms with van der Waals surface area (Å²) in [6.07, 6.45) is 1.13. The summed E-state index contributed by atoms with van der Waals surface area (Å²) in [4.78, 5) is 111. The first-order chi connectivity index (χ1) is 35.9. The number of amides is 4. The zero-order chi connectivity index (χ0) is 55.2. The minimum Gasteiger partial charge on any atom is -0.450 e. The number of alkyl carbamates (subject to hydrolysis) is 1. The van der Waals surface area contributed by atoms with Crippen molar-refractivity contribution < 1.29 is 67.2 Å². The maximum atomic E-state index is 18.1. The molecule has 1 unspecified atom stereocenters. The lowest BCUT2D eigenvalue weighted by molar-refractivity contribution is -0.236. The number of ether oxygens (including phenoxy) is 3. The van der Waals surface area contributed by atoms with Crippen LogP contribution in [0.3, 0.4) is 0 Å². The molecule has 1 saturated heterocycles. The monoisotopic (exact) mass is 1050 g/mol. The second-order valence-corrected chi connectivity index (χ2v) is 22.7. The highest BCUT2D eigenvalue weighted by atomic mass is 19.1. The van der Waals surface area contributed by atoms with Gasteiger partial charge >= 0.3 is 18.0 Å². The summed E-state index contributed by atoms with van der Waals surface area (Å²) in [6, 6.07) is 11.0. The van der Waals surface area contributed by atoms with Gasteiger partial charge in [0.2, 0.25) is 23.5 Å². The summed E-state index contributed by atoms with van der Waals surface area (Å²) in [6.45, 7) is 13.1. The highest BCUT2D eigenvalue weighted by molar-refractivity contribution is 6.01. The van der Waals surface area contributed by atoms with Crippen LogP contribution in [0.5, 0.6) is 0 Å². The zero-order valence-electron chi connectivity index (χ0n) is 44.7. The molecular weight excluding hydrogens is 980 g/mol. The van der Waals surface area contributed by atoms with Crippen LogP contribution in [0.15, 0.2) is 72.3 Å². The van der Waals surface area contributed by atoms with Crippen molar-refractivity contribution >= 4 is 47.3 Å². The summed E-state index contributed by atoms with van der Waals surface area (Å²) in [5.41, 5.74) is -2.53. The van der Waals surface area contributed by atoms with E-state index in [9.17, 15) is 43.8 Å². The van der Waals surface area contributed by atoms with Gasteiger partial charge in [0.15, 0.2) is 17.1 Å². The Bertz CT molecular complexity index is 2680. The first-order valence-corrected chi connectivity index (χ1v) is 26.9. The Morgan fingerprint density at radius 2 is 1.55 bits per heavy atom. The number of nitrogens with zero attached hydrogens (tertiary/aromatic N) is 1. The Labute approximate surface area is 443 Å². The van der Waals surface area contributed by atoms with Gasteiger partial charge in [-0.05, 0) is 112 Å². The van der Waals surface area contributed by atoms with E-state index < -0.39 is 124 Å². The molecule has 8 rings (SSSR count). The third-order valence-corrected chi connectivity index (χ3v) is 17.9. The highest BCUT2D eigenvalue weighted by Gasteiger charge is 2.78. The summed E-state index contributed by atoms with van der Waals surface area (Å²) in [7, 11) is 0. The van der Waals surface area contributed by atoms with E-state index in [0.29, 0.717) is 31.3 Å². The van der Waals surface area contributed by atoms with Crippen LogP contribution >= 0.6 is 0 Å². The number of ketones is 2. The Morgan fingerprint density at radius 1 is 0.895 bits per heavy atom. The van der Waals surface area contributed by atoms with Gasteiger partial charge in [0, 0.05) is 41.5 Å². The maximum Gasteiger partial charge on any atom is 0.407 e. The van der Waals surface area contributed by atoms with Gasteiger partial charge in [-0.15, -0.1) is 0 Å². The number of esters is 2. The molecular formula is C58H73FN4O13. The van der Waals surface area contributed by atoms with E-state index in [2.05, 4.69) is 16.0 Å². The fraction of sp³-hybridized carbons (Fsp3) is 0.586. The first-order valence-electron chi connectivity index (χ1n) is 26.9. The van der Waals surface area contributed by atoms with Crippen molar-refractivity contribution in [3.63, 3.8) is 0 Å². The number of unbranched alkanes of at least 4 members (excludes halogenated alkanes) is 1. The molecule has 0 aromatic heterocycles. The molecule has 6 aliphatic rings. The van der Waals surface area contributed by atoms with Gasteiger partial charge in [-0.3, -0.25) is 28.8 Å². The number of likely N-dealkylation sites (tertiary alicyclic amines) is 1. The van der Waals surface area contributed by atoms with Gasteiger partial charge in [0.25, 0.3) is 6.29 Å². The molecule has 2 aromatic carbocycles. The lowest BCUT2D eigenvalue weighted by Crippen LogP contribution is -2.70. The molecule has 4 amide bonds. The van der Waals surface area contributed by atoms with Gasteiger partial charge in [0.1, 0.15) is 30.8 Å². The molecule has 17 nitrogen and oxygen atoms in total. The quantitative estimate of drug-likeness (QED) is 0.0687. The number of hydrogen-bond acceptors (Lipinski definition) is 13. The summed E-state index contributed by atoms with van der Waals surface area (Å²) in [5.74, 6) is -8.63. The maximum absolute atomic E-state index is 18.1. The van der Waals surface area contributed by atoms with Crippen LogP contribution in [0.1, 0.15) is 130 Å². The smallest absolute Gasteiger partial charge is 0.407 e. The van der Waals surface area contributed by atoms with E-state index in [1.807, 2.05) is 55.5 Å². The van der Waals surface area contributed by atoms with Crippen LogP contribution < -0.4 is 16.0 Å². The fourth-order valence-electron chi connectivity index (χ4n) is 13.9. The largest absolute Gasteiger partial charge is 0.450 e. The van der Waals surface area contributed by atoms with E-state index >= 15 is 9.18 Å². The predicted molar refractivity (Wildman–Crippen MR) is 275 cm³/mol. The molecule has 1 heterocycles. The van der Waals surface area contributed by atoms with E-state index in [1.165, 1.54) is 37.0 Å². The van der Waals surface area contributed by atoms with Crippen molar-refractivity contribution in [2.24, 2.45) is 34.5 Å². The average molecular weight is 1050 g/mol. The van der Waals surface area contributed by atoms with Crippen molar-refractivity contribution in [3.8, 4) is 11.1 Å². The van der Waals surface area contributed by atoms with Gasteiger partial charge in [-0.2, -0.15) is 0 Å². The number of rotatable bonds is 17. The minimum atomic E-state index is -2.53. The number of carbonyl (C=O) groups is 8. The van der Waals surface area contributed by atoms with Crippen molar-refractivity contribution in [2.45, 2.75) is 167 Å². The SMILES string of the molecule is CCCCC(=O)O[C@]1(C(=O)C(O)OC(=O)[C@@H](NC(=O)[C@@H]2CCCN2C(=O)[C@H](C)NC(=O)[C@H](C)NC(=O)OCC2c3ccccc3-c3ccccc32)C(C)C)[C@@H](C)C[C@H]2[C@@H]3CCC4=CC(=O)C=C[C@]4(C)[C@@]3(F)[C@@H](O)C[C@@]21C. The molecule has 4 fully saturated rings. The number of carbonyl (C=O) groups excluding carboxylic acids is 8. The standard InChI is InChI=1S/C58H73FN4O13/c1-9-10-21-46(66)76-58(32(4)27-43-42-23-22-35-28-36(64)24-25-55(35,7)57(42,59)45(65)29-56(43,58)8)48(67)53(72)75-52(71)47(31(2)3)62-50(69)44-20-15-26-63(44)51(70)34(6)60-49(68)33(5)61-54(73)74-30-41-39-18-13-11-16-37(39)38-17-12-14-19-40(38)41/h11-14,16-19,24-25,28,31-34,41-45,47,53,65,72H,9-10,15,20-23,26-27,29-30H2,1-8H3,(H,60,68)(H,61,73)(H,62,69)/t32-,33-,34-,42-,43-,44-,45-,47-,53?,55-,56-,57-,58-/m0/s1. The number of benzene rings is 2. The Morgan fingerprint density at radius 3 is 2.20 bits per heavy atom. The number of fused-ring (bicyclic) bond motifs is 8. The molecule has 3 saturated carbocycles. The lowest BCUT2D eigenvalue weighted by Gasteiger charge is -2.62. The first kappa shape index (κ1) is 55.9. The lowest BCUT2D eigenvalue weighted by atomic mass is 9.44. The zero-order valence-corrected chi connectivity index (χ0v) is 44.7. The molecule has 410 valence electrons. The molecule has 18 heteroatoms. The Hall–Kier alpha value is -6.27. The van der Waals surface area contributed by atoms with Crippen LogP contribution in [0.25, 0.3) is 11.1 Å². The summed E-state index contributed by atoms with van der Waals surface area (Å²) in [5, 5.41) is 31.6. The number of nitrogens with one attached hydrogen (secondary N) is 3. The van der Waals surface area contributed by atoms with E-state index in [0.717, 1.165) is 22.3 Å². The van der Waals surface area contributed by atoms with Gasteiger partial charge in [-0.25, -0.2) is 14.0 Å². The van der Waals surface area contributed by atoms with Crippen molar-refractivity contribution in [1.82, 2.24) is 20.9 Å². The summed E-state index contributed by atoms with van der Waals surface area (Å²) < 4.78 is 35.4. The topological polar surface area (TPSA) is 244 Å². The average Bonchev–Trinajstić information content (AvgIpc) is 4.24. The second kappa shape index (κ2) is 21.6. The Balaban J connectivity index is 0.905. The predicted octanol–water partition coefficient (Wildman–Crippen LogP) is 6.07. The molecule has 76 heavy (non-hydrogen) atoms. The second-order valence-electron chi connectivity index (χ2n) is 22.7. The van der Waals surface area contributed by atoms with Crippen molar-refractivity contribution in [3.05, 3.63) is 83.5 Å².